The van der Waals surface area contributed by atoms with Gasteiger partial charge < -0.3 is 5.32 Å². The fourth-order valence-electron chi connectivity index (χ4n) is 1.44. The highest BCUT2D eigenvalue weighted by molar-refractivity contribution is 9.10. The van der Waals surface area contributed by atoms with E-state index >= 15 is 0 Å². The summed E-state index contributed by atoms with van der Waals surface area (Å²) in [6.07, 6.45) is 0. The Morgan fingerprint density at radius 3 is 2.43 bits per heavy atom. The standard InChI is InChI=1S/C11H15BrFN/c1-7(2)14-8(3)10-5-4-9(12)6-11(10)13/h4-8,14H,1-3H3. The van der Waals surface area contributed by atoms with Crippen LogP contribution in [0.3, 0.4) is 0 Å². The van der Waals surface area contributed by atoms with Gasteiger partial charge in [-0.3, -0.25) is 0 Å². The minimum atomic E-state index is -0.167. The Balaban J connectivity index is 2.84. The van der Waals surface area contributed by atoms with Crippen LogP contribution in [0.5, 0.6) is 0 Å². The van der Waals surface area contributed by atoms with Gasteiger partial charge in [-0.1, -0.05) is 35.8 Å². The highest BCUT2D eigenvalue weighted by Gasteiger charge is 2.11. The molecule has 1 nitrogen and oxygen atoms in total. The molecule has 0 aliphatic heterocycles. The third-order valence-corrected chi connectivity index (χ3v) is 2.51. The molecule has 1 aromatic rings. The lowest BCUT2D eigenvalue weighted by Gasteiger charge is -2.17. The first-order chi connectivity index (χ1) is 6.50. The van der Waals surface area contributed by atoms with E-state index in [-0.39, 0.29) is 11.9 Å². The highest BCUT2D eigenvalue weighted by Crippen LogP contribution is 2.21. The number of benzene rings is 1. The average Bonchev–Trinajstić information content (AvgIpc) is 2.01. The van der Waals surface area contributed by atoms with Gasteiger partial charge in [0.2, 0.25) is 0 Å². The molecule has 0 aromatic heterocycles. The largest absolute Gasteiger partial charge is 0.308 e. The van der Waals surface area contributed by atoms with Crippen LogP contribution in [0.15, 0.2) is 22.7 Å². The van der Waals surface area contributed by atoms with Gasteiger partial charge in [0.1, 0.15) is 5.82 Å². The van der Waals surface area contributed by atoms with E-state index < -0.39 is 0 Å². The van der Waals surface area contributed by atoms with E-state index in [1.807, 2.05) is 26.8 Å². The van der Waals surface area contributed by atoms with E-state index in [1.54, 1.807) is 6.07 Å². The minimum Gasteiger partial charge on any atom is -0.308 e. The molecule has 0 bridgehead atoms. The lowest BCUT2D eigenvalue weighted by atomic mass is 10.1. The van der Waals surface area contributed by atoms with Crippen molar-refractivity contribution in [2.24, 2.45) is 0 Å². The summed E-state index contributed by atoms with van der Waals surface area (Å²) in [5, 5.41) is 3.26. The summed E-state index contributed by atoms with van der Waals surface area (Å²) in [6.45, 7) is 6.06. The molecule has 0 aliphatic rings. The maximum atomic E-state index is 13.5. The molecule has 1 atom stereocenters. The Bertz CT molecular complexity index is 312. The van der Waals surface area contributed by atoms with E-state index in [0.29, 0.717) is 11.6 Å². The van der Waals surface area contributed by atoms with Crippen LogP contribution in [0.25, 0.3) is 0 Å². The van der Waals surface area contributed by atoms with Crippen LogP contribution < -0.4 is 5.32 Å². The zero-order valence-electron chi connectivity index (χ0n) is 8.64. The third kappa shape index (κ3) is 3.07. The van der Waals surface area contributed by atoms with Gasteiger partial charge in [-0.2, -0.15) is 0 Å². The van der Waals surface area contributed by atoms with Gasteiger partial charge >= 0.3 is 0 Å². The second-order valence-electron chi connectivity index (χ2n) is 3.71. The van der Waals surface area contributed by atoms with Gasteiger partial charge in [0.25, 0.3) is 0 Å². The van der Waals surface area contributed by atoms with Crippen molar-refractivity contribution in [3.63, 3.8) is 0 Å². The first-order valence-electron chi connectivity index (χ1n) is 4.71. The van der Waals surface area contributed by atoms with Crippen molar-refractivity contribution in [2.45, 2.75) is 32.9 Å². The maximum Gasteiger partial charge on any atom is 0.129 e. The predicted octanol–water partition coefficient (Wildman–Crippen LogP) is 3.65. The Hall–Kier alpha value is -0.410. The van der Waals surface area contributed by atoms with Crippen molar-refractivity contribution >= 4 is 15.9 Å². The summed E-state index contributed by atoms with van der Waals surface area (Å²) < 4.78 is 14.3. The van der Waals surface area contributed by atoms with Crippen LogP contribution in [0.4, 0.5) is 4.39 Å². The van der Waals surface area contributed by atoms with Gasteiger partial charge in [-0.25, -0.2) is 4.39 Å². The van der Waals surface area contributed by atoms with Crippen molar-refractivity contribution in [2.75, 3.05) is 0 Å². The van der Waals surface area contributed by atoms with E-state index in [0.717, 1.165) is 4.47 Å². The zero-order chi connectivity index (χ0) is 10.7. The zero-order valence-corrected chi connectivity index (χ0v) is 10.2. The molecule has 0 spiro atoms. The van der Waals surface area contributed by atoms with Gasteiger partial charge in [-0.15, -0.1) is 0 Å². The molecule has 3 heteroatoms. The molecule has 1 N–H and O–H groups in total. The summed E-state index contributed by atoms with van der Waals surface area (Å²) in [7, 11) is 0. The van der Waals surface area contributed by atoms with Gasteiger partial charge in [0.15, 0.2) is 0 Å². The molecule has 0 radical (unpaired) electrons. The molecule has 0 fully saturated rings. The third-order valence-electron chi connectivity index (χ3n) is 2.01. The van der Waals surface area contributed by atoms with E-state index in [9.17, 15) is 4.39 Å². The number of nitrogens with one attached hydrogen (secondary N) is 1. The van der Waals surface area contributed by atoms with Crippen molar-refractivity contribution in [1.29, 1.82) is 0 Å². The summed E-state index contributed by atoms with van der Waals surface area (Å²) >= 11 is 3.24. The van der Waals surface area contributed by atoms with E-state index in [1.165, 1.54) is 6.07 Å². The average molecular weight is 260 g/mol. The van der Waals surface area contributed by atoms with E-state index in [2.05, 4.69) is 21.2 Å². The maximum absolute atomic E-state index is 13.5. The monoisotopic (exact) mass is 259 g/mol. The van der Waals surface area contributed by atoms with Crippen molar-refractivity contribution in [3.05, 3.63) is 34.1 Å². The van der Waals surface area contributed by atoms with Gasteiger partial charge in [0, 0.05) is 22.1 Å². The topological polar surface area (TPSA) is 12.0 Å². The summed E-state index contributed by atoms with van der Waals surface area (Å²) in [6, 6.07) is 5.56. The Labute approximate surface area is 92.8 Å². The number of rotatable bonds is 3. The minimum absolute atomic E-state index is 0.0445. The molecule has 78 valence electrons. The van der Waals surface area contributed by atoms with Crippen molar-refractivity contribution < 1.29 is 4.39 Å². The highest BCUT2D eigenvalue weighted by atomic mass is 79.9. The first-order valence-corrected chi connectivity index (χ1v) is 5.51. The lowest BCUT2D eigenvalue weighted by molar-refractivity contribution is 0.483. The van der Waals surface area contributed by atoms with Crippen molar-refractivity contribution in [3.8, 4) is 0 Å². The molecule has 1 unspecified atom stereocenters. The van der Waals surface area contributed by atoms with Crippen LogP contribution in [0.2, 0.25) is 0 Å². The molecule has 0 saturated heterocycles. The van der Waals surface area contributed by atoms with Gasteiger partial charge in [-0.05, 0) is 19.1 Å². The van der Waals surface area contributed by atoms with Gasteiger partial charge in [0.05, 0.1) is 0 Å². The molecule has 0 aliphatic carbocycles. The van der Waals surface area contributed by atoms with Crippen molar-refractivity contribution in [1.82, 2.24) is 5.32 Å². The molecular weight excluding hydrogens is 245 g/mol. The lowest BCUT2D eigenvalue weighted by Crippen LogP contribution is -2.26. The fourth-order valence-corrected chi connectivity index (χ4v) is 1.78. The van der Waals surface area contributed by atoms with Crippen LogP contribution in [0.1, 0.15) is 32.4 Å². The molecule has 14 heavy (non-hydrogen) atoms. The smallest absolute Gasteiger partial charge is 0.129 e. The summed E-state index contributed by atoms with van der Waals surface area (Å²) in [5.41, 5.74) is 0.710. The molecule has 1 aromatic carbocycles. The number of halogens is 2. The molecule has 0 amide bonds. The summed E-state index contributed by atoms with van der Waals surface area (Å²) in [4.78, 5) is 0. The van der Waals surface area contributed by atoms with Crippen LogP contribution in [-0.2, 0) is 0 Å². The first kappa shape index (κ1) is 11.7. The second kappa shape index (κ2) is 4.89. The molecule has 0 heterocycles. The quantitative estimate of drug-likeness (QED) is 0.874. The molecule has 0 saturated carbocycles. The summed E-state index contributed by atoms with van der Waals surface area (Å²) in [5.74, 6) is -0.167. The normalized spacial score (nSPS) is 13.3. The fraction of sp³-hybridized carbons (Fsp3) is 0.455. The second-order valence-corrected chi connectivity index (χ2v) is 4.62. The Kier molecular flexibility index (Phi) is 4.08. The van der Waals surface area contributed by atoms with E-state index in [4.69, 9.17) is 0 Å². The Morgan fingerprint density at radius 1 is 1.29 bits per heavy atom. The molecular formula is C11H15BrFN. The SMILES string of the molecule is CC(C)NC(C)c1ccc(Br)cc1F. The molecule has 1 rings (SSSR count). The van der Waals surface area contributed by atoms with Crippen LogP contribution in [0, 0.1) is 5.82 Å². The number of hydrogen-bond acceptors (Lipinski definition) is 1. The Morgan fingerprint density at radius 2 is 1.93 bits per heavy atom. The van der Waals surface area contributed by atoms with Crippen LogP contribution >= 0.6 is 15.9 Å². The number of hydrogen-bond donors (Lipinski definition) is 1. The predicted molar refractivity (Wildman–Crippen MR) is 60.8 cm³/mol. The van der Waals surface area contributed by atoms with Crippen LogP contribution in [-0.4, -0.2) is 6.04 Å².